The molecule has 0 spiro atoms. The Bertz CT molecular complexity index is 459. The maximum absolute atomic E-state index is 12.1. The van der Waals surface area contributed by atoms with E-state index in [0.29, 0.717) is 13.2 Å². The maximum atomic E-state index is 12.1. The first-order valence-electron chi connectivity index (χ1n) is 6.08. The number of anilines is 1. The van der Waals surface area contributed by atoms with E-state index in [-0.39, 0.29) is 5.78 Å². The van der Waals surface area contributed by atoms with Crippen LogP contribution in [-0.2, 0) is 4.74 Å². The summed E-state index contributed by atoms with van der Waals surface area (Å²) in [6.07, 6.45) is 4.82. The van der Waals surface area contributed by atoms with Crippen molar-refractivity contribution in [1.29, 1.82) is 0 Å². The molecule has 0 N–H and O–H groups in total. The van der Waals surface area contributed by atoms with Gasteiger partial charge in [0.2, 0.25) is 0 Å². The summed E-state index contributed by atoms with van der Waals surface area (Å²) in [5, 5.41) is 0. The van der Waals surface area contributed by atoms with Gasteiger partial charge in [-0.2, -0.15) is 0 Å². The zero-order valence-electron chi connectivity index (χ0n) is 10.3. The smallest absolute Gasteiger partial charge is 0.187 e. The Hall–Kier alpha value is -1.87. The molecule has 0 unspecified atom stereocenters. The average Bonchev–Trinajstić information content (AvgIpc) is 2.45. The second-order valence-corrected chi connectivity index (χ2v) is 4.08. The third kappa shape index (κ3) is 2.87. The van der Waals surface area contributed by atoms with Crippen molar-refractivity contribution in [1.82, 2.24) is 0 Å². The Morgan fingerprint density at radius 3 is 2.72 bits per heavy atom. The van der Waals surface area contributed by atoms with Gasteiger partial charge < -0.3 is 9.64 Å². The highest BCUT2D eigenvalue weighted by Gasteiger charge is 2.16. The van der Waals surface area contributed by atoms with Crippen LogP contribution in [0.2, 0.25) is 0 Å². The van der Waals surface area contributed by atoms with Crippen molar-refractivity contribution in [2.45, 2.75) is 0 Å². The number of ketones is 1. The topological polar surface area (TPSA) is 29.5 Å². The number of rotatable bonds is 4. The standard InChI is InChI=1S/C15H17NO2/c1-2-3-8-15(17)13-6-4-5-7-14(13)16-9-11-18-12-10-16/h2-8H,1,9-12H2. The molecule has 1 heterocycles. The van der Waals surface area contributed by atoms with E-state index in [1.807, 2.05) is 24.3 Å². The van der Waals surface area contributed by atoms with Gasteiger partial charge in [0.1, 0.15) is 0 Å². The number of nitrogens with zero attached hydrogens (tertiary/aromatic N) is 1. The summed E-state index contributed by atoms with van der Waals surface area (Å²) in [4.78, 5) is 14.3. The molecule has 0 aromatic heterocycles. The molecule has 1 aromatic carbocycles. The minimum Gasteiger partial charge on any atom is -0.378 e. The molecule has 0 amide bonds. The molecule has 1 aliphatic heterocycles. The number of ether oxygens (including phenoxy) is 1. The Morgan fingerprint density at radius 1 is 1.28 bits per heavy atom. The molecule has 3 nitrogen and oxygen atoms in total. The van der Waals surface area contributed by atoms with E-state index in [0.717, 1.165) is 24.3 Å². The van der Waals surface area contributed by atoms with Crippen LogP contribution in [0.4, 0.5) is 5.69 Å². The van der Waals surface area contributed by atoms with Crippen LogP contribution in [0.3, 0.4) is 0 Å². The van der Waals surface area contributed by atoms with E-state index in [4.69, 9.17) is 4.74 Å². The number of allylic oxidation sites excluding steroid dienone is 3. The molecule has 0 saturated carbocycles. The summed E-state index contributed by atoms with van der Waals surface area (Å²) in [5.41, 5.74) is 1.72. The molecule has 2 rings (SSSR count). The lowest BCUT2D eigenvalue weighted by Crippen LogP contribution is -2.37. The van der Waals surface area contributed by atoms with Crippen LogP contribution in [0.5, 0.6) is 0 Å². The highest BCUT2D eigenvalue weighted by Crippen LogP contribution is 2.22. The van der Waals surface area contributed by atoms with Crippen molar-refractivity contribution in [3.8, 4) is 0 Å². The number of carbonyl (C=O) groups is 1. The van der Waals surface area contributed by atoms with Gasteiger partial charge in [-0.25, -0.2) is 0 Å². The zero-order valence-corrected chi connectivity index (χ0v) is 10.3. The van der Waals surface area contributed by atoms with E-state index in [1.165, 1.54) is 0 Å². The Morgan fingerprint density at radius 2 is 2.00 bits per heavy atom. The first-order valence-corrected chi connectivity index (χ1v) is 6.08. The van der Waals surface area contributed by atoms with Crippen LogP contribution in [0.1, 0.15) is 10.4 Å². The number of hydrogen-bond acceptors (Lipinski definition) is 3. The summed E-state index contributed by atoms with van der Waals surface area (Å²) < 4.78 is 5.33. The monoisotopic (exact) mass is 243 g/mol. The number of carbonyl (C=O) groups excluding carboxylic acids is 1. The lowest BCUT2D eigenvalue weighted by atomic mass is 10.1. The van der Waals surface area contributed by atoms with Crippen molar-refractivity contribution in [3.05, 3.63) is 54.6 Å². The minimum absolute atomic E-state index is 0.0111. The fourth-order valence-corrected chi connectivity index (χ4v) is 2.01. The number of hydrogen-bond donors (Lipinski definition) is 0. The predicted octanol–water partition coefficient (Wildman–Crippen LogP) is 2.45. The molecular weight excluding hydrogens is 226 g/mol. The number of morpholine rings is 1. The molecule has 0 bridgehead atoms. The van der Waals surface area contributed by atoms with E-state index in [1.54, 1.807) is 18.2 Å². The summed E-state index contributed by atoms with van der Waals surface area (Å²) >= 11 is 0. The van der Waals surface area contributed by atoms with Crippen LogP contribution in [0.25, 0.3) is 0 Å². The second kappa shape index (κ2) is 6.17. The molecule has 0 atom stereocenters. The van der Waals surface area contributed by atoms with E-state index >= 15 is 0 Å². The summed E-state index contributed by atoms with van der Waals surface area (Å²) in [5.74, 6) is 0.0111. The van der Waals surface area contributed by atoms with E-state index in [9.17, 15) is 4.79 Å². The zero-order chi connectivity index (χ0) is 12.8. The fourth-order valence-electron chi connectivity index (χ4n) is 2.01. The number of para-hydroxylation sites is 1. The summed E-state index contributed by atoms with van der Waals surface area (Å²) in [6, 6.07) is 7.69. The van der Waals surface area contributed by atoms with Gasteiger partial charge in [0.15, 0.2) is 5.78 Å². The van der Waals surface area contributed by atoms with Gasteiger partial charge in [0.25, 0.3) is 0 Å². The third-order valence-electron chi connectivity index (χ3n) is 2.90. The maximum Gasteiger partial charge on any atom is 0.187 e. The van der Waals surface area contributed by atoms with Crippen LogP contribution < -0.4 is 4.90 Å². The van der Waals surface area contributed by atoms with Gasteiger partial charge in [-0.15, -0.1) is 0 Å². The molecule has 0 aliphatic carbocycles. The molecular formula is C15H17NO2. The van der Waals surface area contributed by atoms with Crippen molar-refractivity contribution in [2.24, 2.45) is 0 Å². The SMILES string of the molecule is C=CC=CC(=O)c1ccccc1N1CCOCC1. The predicted molar refractivity (Wildman–Crippen MR) is 73.1 cm³/mol. The summed E-state index contributed by atoms with van der Waals surface area (Å²) in [6.45, 7) is 6.66. The van der Waals surface area contributed by atoms with Crippen molar-refractivity contribution >= 4 is 11.5 Å². The van der Waals surface area contributed by atoms with E-state index < -0.39 is 0 Å². The van der Waals surface area contributed by atoms with E-state index in [2.05, 4.69) is 11.5 Å². The largest absolute Gasteiger partial charge is 0.378 e. The molecule has 1 aromatic rings. The lowest BCUT2D eigenvalue weighted by Gasteiger charge is -2.30. The van der Waals surface area contributed by atoms with Crippen molar-refractivity contribution < 1.29 is 9.53 Å². The van der Waals surface area contributed by atoms with Gasteiger partial charge in [-0.05, 0) is 18.2 Å². The fraction of sp³-hybridized carbons (Fsp3) is 0.267. The molecule has 1 fully saturated rings. The van der Waals surface area contributed by atoms with Gasteiger partial charge in [-0.3, -0.25) is 4.79 Å². The molecule has 1 aliphatic rings. The Balaban J connectivity index is 2.26. The number of benzene rings is 1. The van der Waals surface area contributed by atoms with Crippen molar-refractivity contribution in [2.75, 3.05) is 31.2 Å². The van der Waals surface area contributed by atoms with Gasteiger partial charge in [0, 0.05) is 24.3 Å². The van der Waals surface area contributed by atoms with Crippen LogP contribution in [0, 0.1) is 0 Å². The molecule has 1 saturated heterocycles. The van der Waals surface area contributed by atoms with Gasteiger partial charge in [-0.1, -0.05) is 30.9 Å². The molecule has 0 radical (unpaired) electrons. The van der Waals surface area contributed by atoms with Crippen LogP contribution >= 0.6 is 0 Å². The third-order valence-corrected chi connectivity index (χ3v) is 2.90. The first kappa shape index (κ1) is 12.6. The lowest BCUT2D eigenvalue weighted by molar-refractivity contribution is 0.104. The summed E-state index contributed by atoms with van der Waals surface area (Å²) in [7, 11) is 0. The normalized spacial score (nSPS) is 15.9. The highest BCUT2D eigenvalue weighted by molar-refractivity contribution is 6.08. The minimum atomic E-state index is 0.0111. The van der Waals surface area contributed by atoms with Crippen LogP contribution in [-0.4, -0.2) is 32.1 Å². The quantitative estimate of drug-likeness (QED) is 0.462. The van der Waals surface area contributed by atoms with Crippen molar-refractivity contribution in [3.63, 3.8) is 0 Å². The molecule has 94 valence electrons. The van der Waals surface area contributed by atoms with Crippen LogP contribution in [0.15, 0.2) is 49.1 Å². The Kier molecular flexibility index (Phi) is 4.31. The molecule has 18 heavy (non-hydrogen) atoms. The first-order chi connectivity index (χ1) is 8.83. The second-order valence-electron chi connectivity index (χ2n) is 4.08. The highest BCUT2D eigenvalue weighted by atomic mass is 16.5. The van der Waals surface area contributed by atoms with Gasteiger partial charge >= 0.3 is 0 Å². The Labute approximate surface area is 107 Å². The van der Waals surface area contributed by atoms with Gasteiger partial charge in [0.05, 0.1) is 13.2 Å². The average molecular weight is 243 g/mol. The molecule has 3 heteroatoms.